The summed E-state index contributed by atoms with van der Waals surface area (Å²) in [5, 5.41) is 6.92. The largest absolute Gasteiger partial charge is 0.487 e. The maximum Gasteiger partial charge on any atom is 0.142 e. The van der Waals surface area contributed by atoms with Gasteiger partial charge in [-0.2, -0.15) is 0 Å². The molecule has 19 heavy (non-hydrogen) atoms. The Bertz CT molecular complexity index is 404. The minimum Gasteiger partial charge on any atom is -0.487 e. The van der Waals surface area contributed by atoms with Gasteiger partial charge in [0.25, 0.3) is 0 Å². The number of benzene rings is 1. The van der Waals surface area contributed by atoms with E-state index in [0.717, 1.165) is 43.4 Å². The number of nitrogens with one attached hydrogen (secondary N) is 2. The van der Waals surface area contributed by atoms with Gasteiger partial charge < -0.3 is 15.4 Å². The fraction of sp³-hybridized carbons (Fsp3) is 0.625. The monoisotopic (exact) mass is 262 g/mol. The summed E-state index contributed by atoms with van der Waals surface area (Å²) in [5.41, 5.74) is 2.50. The molecule has 0 saturated carbocycles. The van der Waals surface area contributed by atoms with Gasteiger partial charge in [0.05, 0.1) is 12.2 Å². The molecule has 0 amide bonds. The van der Waals surface area contributed by atoms with E-state index in [1.807, 2.05) is 0 Å². The maximum atomic E-state index is 5.78. The Hall–Kier alpha value is -1.22. The number of hydrogen-bond donors (Lipinski definition) is 2. The average Bonchev–Trinajstić information content (AvgIpc) is 2.38. The number of hydrogen-bond acceptors (Lipinski definition) is 3. The molecule has 0 spiro atoms. The molecular formula is C16H26N2O. The molecule has 3 nitrogen and oxygen atoms in total. The normalized spacial score (nSPS) is 17.8. The molecule has 1 atom stereocenters. The van der Waals surface area contributed by atoms with Gasteiger partial charge in [-0.1, -0.05) is 19.9 Å². The first kappa shape index (κ1) is 14.2. The van der Waals surface area contributed by atoms with Crippen LogP contribution in [-0.4, -0.2) is 25.7 Å². The van der Waals surface area contributed by atoms with E-state index in [0.29, 0.717) is 0 Å². The molecule has 0 bridgehead atoms. The second kappa shape index (κ2) is 6.80. The van der Waals surface area contributed by atoms with Crippen LogP contribution in [0.15, 0.2) is 18.2 Å². The van der Waals surface area contributed by atoms with Crippen molar-refractivity contribution in [1.82, 2.24) is 5.32 Å². The Kier molecular flexibility index (Phi) is 5.08. The van der Waals surface area contributed by atoms with Crippen molar-refractivity contribution in [3.8, 4) is 5.75 Å². The van der Waals surface area contributed by atoms with E-state index in [9.17, 15) is 0 Å². The van der Waals surface area contributed by atoms with Gasteiger partial charge >= 0.3 is 0 Å². The van der Waals surface area contributed by atoms with E-state index in [2.05, 4.69) is 49.6 Å². The first-order valence-corrected chi connectivity index (χ1v) is 7.39. The molecule has 1 unspecified atom stereocenters. The highest BCUT2D eigenvalue weighted by atomic mass is 16.5. The van der Waals surface area contributed by atoms with Crippen LogP contribution in [0.2, 0.25) is 0 Å². The van der Waals surface area contributed by atoms with Gasteiger partial charge in [-0.25, -0.2) is 0 Å². The Balaban J connectivity index is 1.79. The van der Waals surface area contributed by atoms with Crippen LogP contribution in [0.1, 0.15) is 32.8 Å². The summed E-state index contributed by atoms with van der Waals surface area (Å²) in [5.74, 6) is 1.76. The van der Waals surface area contributed by atoms with Gasteiger partial charge in [0.15, 0.2) is 0 Å². The quantitative estimate of drug-likeness (QED) is 0.773. The zero-order valence-corrected chi connectivity index (χ0v) is 12.3. The number of rotatable bonds is 6. The summed E-state index contributed by atoms with van der Waals surface area (Å²) in [6, 6.07) is 6.47. The van der Waals surface area contributed by atoms with E-state index >= 15 is 0 Å². The molecule has 1 aromatic carbocycles. The third-order valence-corrected chi connectivity index (χ3v) is 3.44. The molecular weight excluding hydrogens is 236 g/mol. The Morgan fingerprint density at radius 1 is 1.37 bits per heavy atom. The fourth-order valence-electron chi connectivity index (χ4n) is 2.23. The average molecular weight is 262 g/mol. The molecule has 1 heterocycles. The topological polar surface area (TPSA) is 33.3 Å². The van der Waals surface area contributed by atoms with Crippen LogP contribution in [0.25, 0.3) is 0 Å². The highest BCUT2D eigenvalue weighted by Gasteiger charge is 2.15. The van der Waals surface area contributed by atoms with Crippen molar-refractivity contribution in [3.63, 3.8) is 0 Å². The van der Waals surface area contributed by atoms with E-state index in [4.69, 9.17) is 4.74 Å². The summed E-state index contributed by atoms with van der Waals surface area (Å²) in [6.45, 7) is 9.66. The van der Waals surface area contributed by atoms with Gasteiger partial charge in [-0.05, 0) is 56.5 Å². The second-order valence-electron chi connectivity index (χ2n) is 5.82. The van der Waals surface area contributed by atoms with Crippen molar-refractivity contribution >= 4 is 5.69 Å². The third-order valence-electron chi connectivity index (χ3n) is 3.44. The standard InChI is InChI=1S/C16H26N2O/c1-12(2)6-8-17-9-7-14-4-5-16-15(10-14)18-11-13(3)19-16/h4-5,10,12-13,17-18H,6-9,11H2,1-3H3. The van der Waals surface area contributed by atoms with Crippen LogP contribution in [-0.2, 0) is 6.42 Å². The van der Waals surface area contributed by atoms with Crippen LogP contribution in [0, 0.1) is 5.92 Å². The minimum atomic E-state index is 0.260. The Morgan fingerprint density at radius 3 is 3.00 bits per heavy atom. The number of ether oxygens (including phenoxy) is 1. The smallest absolute Gasteiger partial charge is 0.142 e. The minimum absolute atomic E-state index is 0.260. The van der Waals surface area contributed by atoms with Crippen molar-refractivity contribution in [2.75, 3.05) is 25.0 Å². The van der Waals surface area contributed by atoms with Crippen molar-refractivity contribution in [1.29, 1.82) is 0 Å². The third kappa shape index (κ3) is 4.43. The first-order valence-electron chi connectivity index (χ1n) is 7.39. The van der Waals surface area contributed by atoms with Gasteiger partial charge in [0.1, 0.15) is 11.9 Å². The van der Waals surface area contributed by atoms with Crippen molar-refractivity contribution in [2.45, 2.75) is 39.7 Å². The van der Waals surface area contributed by atoms with Crippen molar-refractivity contribution < 1.29 is 4.74 Å². The molecule has 1 aliphatic heterocycles. The van der Waals surface area contributed by atoms with E-state index in [1.165, 1.54) is 12.0 Å². The van der Waals surface area contributed by atoms with Gasteiger partial charge in [0.2, 0.25) is 0 Å². The molecule has 3 heteroatoms. The lowest BCUT2D eigenvalue weighted by Crippen LogP contribution is -2.27. The van der Waals surface area contributed by atoms with Crippen LogP contribution >= 0.6 is 0 Å². The fourth-order valence-corrected chi connectivity index (χ4v) is 2.23. The van der Waals surface area contributed by atoms with Gasteiger partial charge in [-0.3, -0.25) is 0 Å². The Labute approximate surface area is 116 Å². The SMILES string of the molecule is CC(C)CCNCCc1ccc2c(c1)NCC(C)O2. The number of fused-ring (bicyclic) bond motifs is 1. The van der Waals surface area contributed by atoms with E-state index in [-0.39, 0.29) is 6.10 Å². The van der Waals surface area contributed by atoms with Crippen LogP contribution in [0.3, 0.4) is 0 Å². The molecule has 0 aliphatic carbocycles. The molecule has 0 fully saturated rings. The van der Waals surface area contributed by atoms with Crippen LogP contribution in [0.5, 0.6) is 5.75 Å². The second-order valence-corrected chi connectivity index (χ2v) is 5.82. The molecule has 106 valence electrons. The zero-order chi connectivity index (χ0) is 13.7. The summed E-state index contributed by atoms with van der Waals surface area (Å²) in [7, 11) is 0. The highest BCUT2D eigenvalue weighted by molar-refractivity contribution is 5.59. The summed E-state index contributed by atoms with van der Waals surface area (Å²) in [4.78, 5) is 0. The molecule has 2 rings (SSSR count). The van der Waals surface area contributed by atoms with Crippen LogP contribution in [0.4, 0.5) is 5.69 Å². The molecule has 1 aliphatic rings. The Morgan fingerprint density at radius 2 is 2.21 bits per heavy atom. The molecule has 0 saturated heterocycles. The molecule has 0 aromatic heterocycles. The highest BCUT2D eigenvalue weighted by Crippen LogP contribution is 2.29. The first-order chi connectivity index (χ1) is 9.15. The molecule has 0 radical (unpaired) electrons. The lowest BCUT2D eigenvalue weighted by molar-refractivity contribution is 0.226. The van der Waals surface area contributed by atoms with Crippen molar-refractivity contribution in [3.05, 3.63) is 23.8 Å². The van der Waals surface area contributed by atoms with E-state index < -0.39 is 0 Å². The van der Waals surface area contributed by atoms with Crippen molar-refractivity contribution in [2.24, 2.45) is 5.92 Å². The summed E-state index contributed by atoms with van der Waals surface area (Å²) < 4.78 is 5.78. The summed E-state index contributed by atoms with van der Waals surface area (Å²) >= 11 is 0. The van der Waals surface area contributed by atoms with E-state index in [1.54, 1.807) is 0 Å². The summed E-state index contributed by atoms with van der Waals surface area (Å²) in [6.07, 6.45) is 2.58. The van der Waals surface area contributed by atoms with Gasteiger partial charge in [-0.15, -0.1) is 0 Å². The lowest BCUT2D eigenvalue weighted by Gasteiger charge is -2.25. The lowest BCUT2D eigenvalue weighted by atomic mass is 10.1. The van der Waals surface area contributed by atoms with Crippen LogP contribution < -0.4 is 15.4 Å². The molecule has 2 N–H and O–H groups in total. The zero-order valence-electron chi connectivity index (χ0n) is 12.3. The predicted molar refractivity (Wildman–Crippen MR) is 81.1 cm³/mol. The molecule has 1 aromatic rings. The number of anilines is 1. The predicted octanol–water partition coefficient (Wildman–Crippen LogP) is 3.06. The maximum absolute atomic E-state index is 5.78. The van der Waals surface area contributed by atoms with Gasteiger partial charge in [0, 0.05) is 0 Å².